The standard InChI is InChI=1S/C30H25N5O3.C13H29N3/c1-34-17-24(14-26(34)19-36)33-30(38)28-15-25(18-35(28)2)32-29(37)22-11-9-20(10-12-22)7-8-21-13-23-5-3-4-6-27(23)31-16-21;1-3-4-5-6-7-8-9-11-16-13(14)10-12-15-2/h3-19H,1-2H3,(H,32,37)(H,33,38);15H,3-12H2,1-2H3,(H2,14,16)/b8-7+;. The van der Waals surface area contributed by atoms with Crippen molar-refractivity contribution >= 4 is 58.4 Å². The van der Waals surface area contributed by atoms with Crippen LogP contribution in [0.2, 0.25) is 0 Å². The van der Waals surface area contributed by atoms with Crippen LogP contribution in [0.15, 0.2) is 90.3 Å². The fourth-order valence-electron chi connectivity index (χ4n) is 5.77. The Hall–Kier alpha value is -5.81. The molecule has 5 aromatic rings. The third kappa shape index (κ3) is 13.0. The average molecular weight is 731 g/mol. The predicted molar refractivity (Wildman–Crippen MR) is 222 cm³/mol. The number of aromatic nitrogens is 3. The number of amides is 2. The Labute approximate surface area is 318 Å². The fraction of sp³-hybridized carbons (Fsp3) is 0.326. The van der Waals surface area contributed by atoms with Crippen molar-refractivity contribution < 1.29 is 14.4 Å². The minimum atomic E-state index is -0.353. The van der Waals surface area contributed by atoms with Gasteiger partial charge in [0.05, 0.1) is 28.4 Å². The first-order chi connectivity index (χ1) is 26.2. The number of hydrogen-bond acceptors (Lipinski definition) is 6. The van der Waals surface area contributed by atoms with Crippen LogP contribution in [0, 0.1) is 0 Å². The highest BCUT2D eigenvalue weighted by atomic mass is 16.2. The number of rotatable bonds is 18. The molecule has 0 aliphatic heterocycles. The first kappa shape index (κ1) is 41.0. The first-order valence-electron chi connectivity index (χ1n) is 18.7. The van der Waals surface area contributed by atoms with Gasteiger partial charge >= 0.3 is 0 Å². The molecule has 0 fully saturated rings. The van der Waals surface area contributed by atoms with Crippen LogP contribution in [-0.2, 0) is 14.1 Å². The molecule has 0 radical (unpaired) electrons. The Morgan fingerprint density at radius 2 is 1.48 bits per heavy atom. The van der Waals surface area contributed by atoms with E-state index in [1.807, 2.05) is 61.8 Å². The van der Waals surface area contributed by atoms with Crippen molar-refractivity contribution in [3.63, 3.8) is 0 Å². The Bertz CT molecular complexity index is 2020. The topological polar surface area (TPSA) is 148 Å². The minimum absolute atomic E-state index is 0.282. The molecule has 0 saturated carbocycles. The third-order valence-corrected chi connectivity index (χ3v) is 8.88. The molecule has 11 nitrogen and oxygen atoms in total. The normalized spacial score (nSPS) is 11.4. The Balaban J connectivity index is 0.000000344. The minimum Gasteiger partial charge on any atom is -0.387 e. The SMILES string of the molecule is CCCCCCCCCN=C(N)CCNC.Cn1cc(NC(=O)c2cc(NC(=O)c3ccc(/C=C/c4cnc5ccccc5c4)cc3)cn2C)cc1C=O. The summed E-state index contributed by atoms with van der Waals surface area (Å²) < 4.78 is 3.25. The fourth-order valence-corrected chi connectivity index (χ4v) is 5.77. The van der Waals surface area contributed by atoms with Gasteiger partial charge in [-0.05, 0) is 61.0 Å². The number of aryl methyl sites for hydroxylation is 2. The number of benzene rings is 2. The maximum absolute atomic E-state index is 12.8. The summed E-state index contributed by atoms with van der Waals surface area (Å²) in [5.41, 5.74) is 11.0. The molecule has 2 aromatic carbocycles. The monoisotopic (exact) mass is 730 g/mol. The van der Waals surface area contributed by atoms with E-state index in [2.05, 4.69) is 38.9 Å². The van der Waals surface area contributed by atoms with E-state index in [1.165, 1.54) is 44.9 Å². The lowest BCUT2D eigenvalue weighted by Crippen LogP contribution is -2.19. The van der Waals surface area contributed by atoms with E-state index in [9.17, 15) is 14.4 Å². The van der Waals surface area contributed by atoms with Gasteiger partial charge in [-0.2, -0.15) is 0 Å². The van der Waals surface area contributed by atoms with Gasteiger partial charge in [-0.15, -0.1) is 0 Å². The number of aldehydes is 1. The molecule has 5 N–H and O–H groups in total. The maximum Gasteiger partial charge on any atom is 0.272 e. The highest BCUT2D eigenvalue weighted by molar-refractivity contribution is 6.07. The molecule has 0 unspecified atom stereocenters. The zero-order valence-electron chi connectivity index (χ0n) is 32.0. The number of pyridine rings is 1. The van der Waals surface area contributed by atoms with Crippen LogP contribution in [0.1, 0.15) is 101 Å². The van der Waals surface area contributed by atoms with Gasteiger partial charge in [0.1, 0.15) is 5.69 Å². The second-order valence-electron chi connectivity index (χ2n) is 13.3. The van der Waals surface area contributed by atoms with Crippen molar-refractivity contribution in [2.24, 2.45) is 24.8 Å². The zero-order valence-corrected chi connectivity index (χ0v) is 32.0. The lowest BCUT2D eigenvalue weighted by atomic mass is 10.1. The molecule has 2 amide bonds. The summed E-state index contributed by atoms with van der Waals surface area (Å²) >= 11 is 0. The van der Waals surface area contributed by atoms with E-state index in [-0.39, 0.29) is 11.8 Å². The molecule has 0 aliphatic carbocycles. The number of anilines is 2. The van der Waals surface area contributed by atoms with Crippen molar-refractivity contribution in [3.8, 4) is 0 Å². The molecule has 0 atom stereocenters. The highest BCUT2D eigenvalue weighted by Crippen LogP contribution is 2.19. The predicted octanol–water partition coefficient (Wildman–Crippen LogP) is 8.10. The molecule has 284 valence electrons. The highest BCUT2D eigenvalue weighted by Gasteiger charge is 2.15. The van der Waals surface area contributed by atoms with Crippen LogP contribution in [0.5, 0.6) is 0 Å². The van der Waals surface area contributed by atoms with E-state index < -0.39 is 0 Å². The van der Waals surface area contributed by atoms with Crippen LogP contribution < -0.4 is 21.7 Å². The van der Waals surface area contributed by atoms with E-state index in [1.54, 1.807) is 59.9 Å². The van der Waals surface area contributed by atoms with Crippen LogP contribution in [0.4, 0.5) is 11.4 Å². The van der Waals surface area contributed by atoms with Gasteiger partial charge in [0, 0.05) is 63.1 Å². The van der Waals surface area contributed by atoms with E-state index in [0.717, 1.165) is 53.7 Å². The van der Waals surface area contributed by atoms with Gasteiger partial charge in [-0.3, -0.25) is 24.4 Å². The number of nitrogens with one attached hydrogen (secondary N) is 3. The lowest BCUT2D eigenvalue weighted by Gasteiger charge is -2.03. The number of unbranched alkanes of at least 4 members (excludes halogenated alkanes) is 6. The van der Waals surface area contributed by atoms with Gasteiger partial charge in [-0.25, -0.2) is 0 Å². The smallest absolute Gasteiger partial charge is 0.272 e. The van der Waals surface area contributed by atoms with Crippen molar-refractivity contribution in [3.05, 3.63) is 113 Å². The molecule has 3 aromatic heterocycles. The number of hydrogen-bond donors (Lipinski definition) is 4. The summed E-state index contributed by atoms with van der Waals surface area (Å²) in [5.74, 6) is 0.157. The van der Waals surface area contributed by atoms with Crippen molar-refractivity contribution in [1.29, 1.82) is 0 Å². The molecule has 0 bridgehead atoms. The Morgan fingerprint density at radius 1 is 0.815 bits per heavy atom. The number of fused-ring (bicyclic) bond motifs is 1. The molecule has 3 heterocycles. The summed E-state index contributed by atoms with van der Waals surface area (Å²) in [5, 5.41) is 9.75. The van der Waals surface area contributed by atoms with Crippen LogP contribution >= 0.6 is 0 Å². The van der Waals surface area contributed by atoms with E-state index in [4.69, 9.17) is 5.73 Å². The summed E-state index contributed by atoms with van der Waals surface area (Å²) in [6, 6.07) is 20.5. The molecule has 0 aliphatic rings. The summed E-state index contributed by atoms with van der Waals surface area (Å²) in [6.07, 6.45) is 20.0. The largest absolute Gasteiger partial charge is 0.387 e. The summed E-state index contributed by atoms with van der Waals surface area (Å²) in [4.78, 5) is 45.4. The third-order valence-electron chi connectivity index (χ3n) is 8.88. The van der Waals surface area contributed by atoms with Crippen molar-refractivity contribution in [1.82, 2.24) is 19.4 Å². The molecule has 0 spiro atoms. The second-order valence-corrected chi connectivity index (χ2v) is 13.3. The number of para-hydroxylation sites is 1. The first-order valence-corrected chi connectivity index (χ1v) is 18.7. The number of nitrogens with two attached hydrogens (primary N) is 1. The molecular formula is C43H54N8O3. The Morgan fingerprint density at radius 3 is 2.20 bits per heavy atom. The number of carbonyl (C=O) groups is 3. The molecule has 5 rings (SSSR count). The quantitative estimate of drug-likeness (QED) is 0.0310. The number of amidine groups is 1. The molecule has 0 saturated heterocycles. The van der Waals surface area contributed by atoms with E-state index >= 15 is 0 Å². The summed E-state index contributed by atoms with van der Waals surface area (Å²) in [7, 11) is 5.38. The van der Waals surface area contributed by atoms with Gasteiger partial charge in [0.25, 0.3) is 11.8 Å². The van der Waals surface area contributed by atoms with Gasteiger partial charge in [0.15, 0.2) is 6.29 Å². The number of nitrogens with zero attached hydrogens (tertiary/aromatic N) is 4. The molecular weight excluding hydrogens is 677 g/mol. The zero-order chi connectivity index (χ0) is 38.7. The van der Waals surface area contributed by atoms with Gasteiger partial charge in [-0.1, -0.05) is 87.9 Å². The Kier molecular flexibility index (Phi) is 16.4. The molecule has 11 heteroatoms. The van der Waals surface area contributed by atoms with E-state index in [0.29, 0.717) is 28.3 Å². The van der Waals surface area contributed by atoms with Gasteiger partial charge < -0.3 is 30.8 Å². The lowest BCUT2D eigenvalue weighted by molar-refractivity contribution is 0.101. The number of carbonyl (C=O) groups excluding carboxylic acids is 3. The van der Waals surface area contributed by atoms with Gasteiger partial charge in [0.2, 0.25) is 0 Å². The second kappa shape index (κ2) is 21.7. The van der Waals surface area contributed by atoms with Crippen molar-refractivity contribution in [2.75, 3.05) is 30.8 Å². The van der Waals surface area contributed by atoms with Crippen LogP contribution in [0.3, 0.4) is 0 Å². The van der Waals surface area contributed by atoms with Crippen LogP contribution in [0.25, 0.3) is 23.1 Å². The van der Waals surface area contributed by atoms with Crippen molar-refractivity contribution in [2.45, 2.75) is 58.3 Å². The number of aliphatic imine (C=N–C) groups is 1. The van der Waals surface area contributed by atoms with Crippen LogP contribution in [-0.4, -0.2) is 58.2 Å². The molecule has 54 heavy (non-hydrogen) atoms. The summed E-state index contributed by atoms with van der Waals surface area (Å²) in [6.45, 7) is 4.08. The average Bonchev–Trinajstić information content (AvgIpc) is 3.74. The maximum atomic E-state index is 12.8.